The van der Waals surface area contributed by atoms with Crippen LogP contribution >= 0.6 is 11.3 Å². The molecule has 0 aliphatic heterocycles. The highest BCUT2D eigenvalue weighted by atomic mass is 32.1. The van der Waals surface area contributed by atoms with Gasteiger partial charge in [-0.25, -0.2) is 0 Å². The van der Waals surface area contributed by atoms with Gasteiger partial charge in [0.15, 0.2) is 0 Å². The van der Waals surface area contributed by atoms with Crippen molar-refractivity contribution in [2.24, 2.45) is 5.92 Å². The molecule has 0 bridgehead atoms. The van der Waals surface area contributed by atoms with Crippen molar-refractivity contribution in [1.29, 1.82) is 0 Å². The van der Waals surface area contributed by atoms with Crippen LogP contribution in [0.1, 0.15) is 25.6 Å². The summed E-state index contributed by atoms with van der Waals surface area (Å²) in [4.78, 5) is 5.10. The molecular weight excluding hydrogens is 210 g/mol. The van der Waals surface area contributed by atoms with Gasteiger partial charge in [0.05, 0.1) is 17.7 Å². The maximum absolute atomic E-state index is 10.0. The molecular formula is C11H19NO2S. The molecule has 1 aromatic heterocycles. The molecule has 1 heterocycles. The highest BCUT2D eigenvalue weighted by Gasteiger charge is 2.23. The Kier molecular flexibility index (Phi) is 5.22. The molecule has 0 radical (unpaired) electrons. The van der Waals surface area contributed by atoms with E-state index in [0.29, 0.717) is 18.9 Å². The van der Waals surface area contributed by atoms with Crippen molar-refractivity contribution < 1.29 is 9.84 Å². The fraction of sp³-hybridized carbons (Fsp3) is 0.727. The standard InChI is InChI=1S/C11H19NO2S/c1-4-14-11(8(2)3)10(13)5-9-6-12-7-15-9/h6-8,10-11,13H,4-5H2,1-3H3. The second kappa shape index (κ2) is 6.20. The number of aliphatic hydroxyl groups excluding tert-OH is 1. The number of aromatic nitrogens is 1. The van der Waals surface area contributed by atoms with E-state index in [0.717, 1.165) is 4.88 Å². The van der Waals surface area contributed by atoms with E-state index >= 15 is 0 Å². The molecule has 2 unspecified atom stereocenters. The number of aliphatic hydroxyl groups is 1. The van der Waals surface area contributed by atoms with Crippen LogP contribution in [0.4, 0.5) is 0 Å². The Morgan fingerprint density at radius 1 is 1.53 bits per heavy atom. The van der Waals surface area contributed by atoms with Crippen molar-refractivity contribution in [3.05, 3.63) is 16.6 Å². The molecule has 0 saturated heterocycles. The molecule has 0 aliphatic rings. The maximum atomic E-state index is 10.0. The molecule has 86 valence electrons. The molecule has 1 aromatic rings. The summed E-state index contributed by atoms with van der Waals surface area (Å²) in [5.41, 5.74) is 1.78. The molecule has 0 aliphatic carbocycles. The topological polar surface area (TPSA) is 42.4 Å². The molecule has 1 N–H and O–H groups in total. The van der Waals surface area contributed by atoms with Crippen molar-refractivity contribution in [2.45, 2.75) is 39.4 Å². The van der Waals surface area contributed by atoms with Crippen LogP contribution in [0.25, 0.3) is 0 Å². The molecule has 4 heteroatoms. The minimum atomic E-state index is -0.439. The number of rotatable bonds is 6. The first-order valence-corrected chi connectivity index (χ1v) is 6.20. The van der Waals surface area contributed by atoms with Gasteiger partial charge in [-0.05, 0) is 12.8 Å². The minimum Gasteiger partial charge on any atom is -0.390 e. The van der Waals surface area contributed by atoms with Crippen molar-refractivity contribution >= 4 is 11.3 Å². The quantitative estimate of drug-likeness (QED) is 0.812. The van der Waals surface area contributed by atoms with Gasteiger partial charge >= 0.3 is 0 Å². The third kappa shape index (κ3) is 3.89. The fourth-order valence-corrected chi connectivity index (χ4v) is 2.25. The normalized spacial score (nSPS) is 15.5. The first-order valence-electron chi connectivity index (χ1n) is 5.32. The van der Waals surface area contributed by atoms with E-state index in [1.54, 1.807) is 23.0 Å². The molecule has 2 atom stereocenters. The molecule has 0 saturated carbocycles. The van der Waals surface area contributed by atoms with E-state index in [1.807, 2.05) is 6.92 Å². The van der Waals surface area contributed by atoms with Crippen LogP contribution in [0.15, 0.2) is 11.7 Å². The number of hydrogen-bond donors (Lipinski definition) is 1. The largest absolute Gasteiger partial charge is 0.390 e. The van der Waals surface area contributed by atoms with Gasteiger partial charge < -0.3 is 9.84 Å². The molecule has 15 heavy (non-hydrogen) atoms. The second-order valence-corrected chi connectivity index (χ2v) is 4.87. The van der Waals surface area contributed by atoms with E-state index in [4.69, 9.17) is 4.74 Å². The van der Waals surface area contributed by atoms with Gasteiger partial charge in [-0.15, -0.1) is 11.3 Å². The maximum Gasteiger partial charge on any atom is 0.0860 e. The summed E-state index contributed by atoms with van der Waals surface area (Å²) in [6.07, 6.45) is 1.91. The Hall–Kier alpha value is -0.450. The lowest BCUT2D eigenvalue weighted by atomic mass is 9.99. The molecule has 0 spiro atoms. The van der Waals surface area contributed by atoms with Gasteiger partial charge in [0.25, 0.3) is 0 Å². The van der Waals surface area contributed by atoms with Crippen LogP contribution in [0.2, 0.25) is 0 Å². The van der Waals surface area contributed by atoms with Gasteiger partial charge in [-0.2, -0.15) is 0 Å². The minimum absolute atomic E-state index is 0.0860. The Morgan fingerprint density at radius 3 is 2.73 bits per heavy atom. The number of hydrogen-bond acceptors (Lipinski definition) is 4. The van der Waals surface area contributed by atoms with Crippen molar-refractivity contribution in [3.8, 4) is 0 Å². The zero-order valence-corrected chi connectivity index (χ0v) is 10.3. The van der Waals surface area contributed by atoms with E-state index in [9.17, 15) is 5.11 Å². The van der Waals surface area contributed by atoms with Crippen molar-refractivity contribution in [3.63, 3.8) is 0 Å². The van der Waals surface area contributed by atoms with E-state index < -0.39 is 6.10 Å². The summed E-state index contributed by atoms with van der Waals surface area (Å²) >= 11 is 1.57. The van der Waals surface area contributed by atoms with Gasteiger partial charge in [0.2, 0.25) is 0 Å². The molecule has 0 fully saturated rings. The number of ether oxygens (including phenoxy) is 1. The van der Waals surface area contributed by atoms with Crippen LogP contribution in [0, 0.1) is 5.92 Å². The van der Waals surface area contributed by atoms with E-state index in [1.165, 1.54) is 0 Å². The molecule has 0 amide bonds. The molecule has 0 aromatic carbocycles. The first kappa shape index (κ1) is 12.6. The highest BCUT2D eigenvalue weighted by Crippen LogP contribution is 2.17. The lowest BCUT2D eigenvalue weighted by Gasteiger charge is -2.25. The zero-order valence-electron chi connectivity index (χ0n) is 9.51. The summed E-state index contributed by atoms with van der Waals surface area (Å²) in [6.45, 7) is 6.73. The fourth-order valence-electron chi connectivity index (χ4n) is 1.61. The smallest absolute Gasteiger partial charge is 0.0860 e. The van der Waals surface area contributed by atoms with Crippen molar-refractivity contribution in [2.75, 3.05) is 6.61 Å². The van der Waals surface area contributed by atoms with E-state index in [2.05, 4.69) is 18.8 Å². The summed E-state index contributed by atoms with van der Waals surface area (Å²) in [7, 11) is 0. The average Bonchev–Trinajstić information content (AvgIpc) is 2.65. The van der Waals surface area contributed by atoms with Crippen LogP contribution in [0.5, 0.6) is 0 Å². The number of thiazole rings is 1. The second-order valence-electron chi connectivity index (χ2n) is 3.90. The Labute approximate surface area is 95.1 Å². The summed E-state index contributed by atoms with van der Waals surface area (Å²) < 4.78 is 5.55. The number of nitrogens with zero attached hydrogens (tertiary/aromatic N) is 1. The van der Waals surface area contributed by atoms with Crippen molar-refractivity contribution in [1.82, 2.24) is 4.98 Å². The third-order valence-electron chi connectivity index (χ3n) is 2.29. The Bertz CT molecular complexity index is 262. The molecule has 1 rings (SSSR count). The zero-order chi connectivity index (χ0) is 11.3. The predicted molar refractivity (Wildman–Crippen MR) is 62.1 cm³/mol. The summed E-state index contributed by atoms with van der Waals surface area (Å²) in [5.74, 6) is 0.327. The van der Waals surface area contributed by atoms with E-state index in [-0.39, 0.29) is 6.10 Å². The van der Waals surface area contributed by atoms with Crippen LogP contribution in [0.3, 0.4) is 0 Å². The lowest BCUT2D eigenvalue weighted by molar-refractivity contribution is -0.0559. The lowest BCUT2D eigenvalue weighted by Crippen LogP contribution is -2.35. The van der Waals surface area contributed by atoms with Crippen LogP contribution < -0.4 is 0 Å². The summed E-state index contributed by atoms with van der Waals surface area (Å²) in [5, 5.41) is 10.0. The SMILES string of the molecule is CCOC(C(C)C)C(O)Cc1cncs1. The highest BCUT2D eigenvalue weighted by molar-refractivity contribution is 7.09. The van der Waals surface area contributed by atoms with Gasteiger partial charge in [0.1, 0.15) is 0 Å². The monoisotopic (exact) mass is 229 g/mol. The van der Waals surface area contributed by atoms with Gasteiger partial charge in [-0.1, -0.05) is 13.8 Å². The molecule has 3 nitrogen and oxygen atoms in total. The third-order valence-corrected chi connectivity index (χ3v) is 3.09. The average molecular weight is 229 g/mol. The first-order chi connectivity index (χ1) is 7.15. The Balaban J connectivity index is 2.52. The Morgan fingerprint density at radius 2 is 2.27 bits per heavy atom. The van der Waals surface area contributed by atoms with Crippen LogP contribution in [-0.2, 0) is 11.2 Å². The predicted octanol–water partition coefficient (Wildman–Crippen LogP) is 2.11. The summed E-state index contributed by atoms with van der Waals surface area (Å²) in [6, 6.07) is 0. The van der Waals surface area contributed by atoms with Gasteiger partial charge in [0, 0.05) is 24.1 Å². The van der Waals surface area contributed by atoms with Gasteiger partial charge in [-0.3, -0.25) is 4.98 Å². The van der Waals surface area contributed by atoms with Crippen LogP contribution in [-0.4, -0.2) is 28.9 Å².